The van der Waals surface area contributed by atoms with Crippen LogP contribution in [0.4, 0.5) is 0 Å². The highest BCUT2D eigenvalue weighted by atomic mass is 16.6. The lowest BCUT2D eigenvalue weighted by atomic mass is 10.0. The van der Waals surface area contributed by atoms with Gasteiger partial charge in [-0.2, -0.15) is 0 Å². The lowest BCUT2D eigenvalue weighted by Crippen LogP contribution is -2.28. The molecule has 0 aliphatic heterocycles. The minimum atomic E-state index is -0.771. The molecule has 0 amide bonds. The summed E-state index contributed by atoms with van der Waals surface area (Å²) < 4.78 is 10.8. The molecule has 5 nitrogen and oxygen atoms in total. The van der Waals surface area contributed by atoms with Crippen molar-refractivity contribution < 1.29 is 24.2 Å². The Kier molecular flexibility index (Phi) is 80.7. The summed E-state index contributed by atoms with van der Waals surface area (Å²) in [5.74, 6) is -0.563. The number of unbranched alkanes of at least 4 members (excludes halogenated alkanes) is 61. The van der Waals surface area contributed by atoms with Crippen molar-refractivity contribution in [1.29, 1.82) is 0 Å². The van der Waals surface area contributed by atoms with Crippen LogP contribution in [-0.4, -0.2) is 36.4 Å². The summed E-state index contributed by atoms with van der Waals surface area (Å²) in [6, 6.07) is 0. The van der Waals surface area contributed by atoms with E-state index in [4.69, 9.17) is 9.47 Å². The van der Waals surface area contributed by atoms with Gasteiger partial charge in [-0.1, -0.05) is 428 Å². The number of allylic oxidation sites excluding steroid dienone is 10. The number of aliphatic hydroxyl groups is 1. The molecule has 0 aliphatic rings. The number of carbonyl (C=O) groups excluding carboxylic acids is 2. The Bertz CT molecular complexity index is 1560. The molecule has 0 fully saturated rings. The van der Waals surface area contributed by atoms with E-state index in [1.54, 1.807) is 0 Å². The fourth-order valence-electron chi connectivity index (χ4n) is 13.0. The van der Waals surface area contributed by atoms with Gasteiger partial charge in [0.05, 0.1) is 6.61 Å². The fourth-order valence-corrected chi connectivity index (χ4v) is 13.0. The van der Waals surface area contributed by atoms with Crippen molar-refractivity contribution >= 4 is 11.9 Å². The molecule has 0 aliphatic carbocycles. The zero-order chi connectivity index (χ0) is 66.1. The molecule has 0 saturated heterocycles. The van der Waals surface area contributed by atoms with Gasteiger partial charge in [0, 0.05) is 12.8 Å². The normalized spacial score (nSPS) is 12.4. The van der Waals surface area contributed by atoms with Crippen LogP contribution in [0.2, 0.25) is 0 Å². The van der Waals surface area contributed by atoms with Crippen molar-refractivity contribution in [2.75, 3.05) is 13.2 Å². The third-order valence-electron chi connectivity index (χ3n) is 19.3. The van der Waals surface area contributed by atoms with E-state index < -0.39 is 6.10 Å². The van der Waals surface area contributed by atoms with Crippen molar-refractivity contribution in [2.24, 2.45) is 0 Å². The van der Waals surface area contributed by atoms with E-state index in [1.807, 2.05) is 0 Å². The lowest BCUT2D eigenvalue weighted by Gasteiger charge is -2.15. The molecule has 0 spiro atoms. The average molecular weight is 1290 g/mol. The van der Waals surface area contributed by atoms with Crippen LogP contribution in [0.3, 0.4) is 0 Å². The molecular weight excluding hydrogens is 1120 g/mol. The topological polar surface area (TPSA) is 72.8 Å². The van der Waals surface area contributed by atoms with Crippen LogP contribution >= 0.6 is 0 Å². The first-order chi connectivity index (χ1) is 45.6. The van der Waals surface area contributed by atoms with Crippen LogP contribution < -0.4 is 0 Å². The Morgan fingerprint density at radius 3 is 0.652 bits per heavy atom. The van der Waals surface area contributed by atoms with Gasteiger partial charge in [-0.15, -0.1) is 0 Å². The second kappa shape index (κ2) is 82.8. The molecule has 0 radical (unpaired) electrons. The maximum Gasteiger partial charge on any atom is 0.306 e. The number of esters is 2. The molecule has 1 atom stereocenters. The number of hydrogen-bond donors (Lipinski definition) is 1. The highest BCUT2D eigenvalue weighted by molar-refractivity contribution is 5.70. The second-order valence-corrected chi connectivity index (χ2v) is 28.6. The Labute approximate surface area is 576 Å². The predicted octanol–water partition coefficient (Wildman–Crippen LogP) is 29.6. The van der Waals surface area contributed by atoms with Crippen LogP contribution in [0.15, 0.2) is 60.8 Å². The molecule has 0 aromatic rings. The molecular formula is C87H162O5. The summed E-state index contributed by atoms with van der Waals surface area (Å²) in [6.45, 7) is 4.18. The maximum absolute atomic E-state index is 12.4. The quantitative estimate of drug-likeness (QED) is 0.0373. The molecule has 92 heavy (non-hydrogen) atoms. The highest BCUT2D eigenvalue weighted by Gasteiger charge is 2.16. The standard InChI is InChI=1S/C87H162O5/c1-3-5-7-9-11-13-15-17-19-21-23-25-27-29-31-33-35-37-39-41-42-43-44-46-47-49-51-53-55-57-59-61-63-65-67-69-71-73-75-77-79-81-86(89)91-84-85(83-88)92-87(90)82-80-78-76-74-72-70-68-66-64-62-60-58-56-54-52-50-48-45-40-38-36-34-32-30-28-26-24-22-20-18-16-14-12-10-8-6-4-2/h15-18,21-24,28,30,85,88H,3-14,19-20,25-27,29,31-84H2,1-2H3/b17-15-,18-16-,23-21-,24-22-,30-28-. The van der Waals surface area contributed by atoms with Crippen LogP contribution in [0.5, 0.6) is 0 Å². The van der Waals surface area contributed by atoms with Gasteiger partial charge < -0.3 is 14.6 Å². The molecule has 540 valence electrons. The molecule has 0 heterocycles. The smallest absolute Gasteiger partial charge is 0.306 e. The predicted molar refractivity (Wildman–Crippen MR) is 408 cm³/mol. The number of aliphatic hydroxyl groups excluding tert-OH is 1. The first kappa shape index (κ1) is 89.6. The van der Waals surface area contributed by atoms with Gasteiger partial charge in [0.15, 0.2) is 6.10 Å². The van der Waals surface area contributed by atoms with E-state index in [2.05, 4.69) is 74.6 Å². The first-order valence-electron chi connectivity index (χ1n) is 41.8. The molecule has 0 aromatic heterocycles. The van der Waals surface area contributed by atoms with E-state index >= 15 is 0 Å². The van der Waals surface area contributed by atoms with Crippen molar-refractivity contribution in [3.8, 4) is 0 Å². The van der Waals surface area contributed by atoms with Crippen LogP contribution in [-0.2, 0) is 19.1 Å². The summed E-state index contributed by atoms with van der Waals surface area (Å²) in [5, 5.41) is 9.74. The molecule has 0 rings (SSSR count). The number of ether oxygens (including phenoxy) is 2. The maximum atomic E-state index is 12.4. The zero-order valence-corrected chi connectivity index (χ0v) is 62.3. The van der Waals surface area contributed by atoms with Crippen LogP contribution in [0, 0.1) is 0 Å². The van der Waals surface area contributed by atoms with E-state index in [1.165, 1.54) is 385 Å². The van der Waals surface area contributed by atoms with Gasteiger partial charge in [-0.05, 0) is 83.5 Å². The zero-order valence-electron chi connectivity index (χ0n) is 62.3. The van der Waals surface area contributed by atoms with E-state index in [0.717, 1.165) is 51.4 Å². The Morgan fingerprint density at radius 1 is 0.250 bits per heavy atom. The third kappa shape index (κ3) is 80.0. The summed E-state index contributed by atoms with van der Waals surface area (Å²) in [5.41, 5.74) is 0. The SMILES string of the molecule is CCCCCCC/C=C\C/C=C\C/C=C\CCCCCCCCCCCCCCCCCCCCCCCCC(=O)OC(CO)COC(=O)CCCCCCCCCCCCCCCCCCCCCCCCCCCCCCC/C=C\C/C=C\CCCCCCC. The Hall–Kier alpha value is -2.40. The third-order valence-corrected chi connectivity index (χ3v) is 19.3. The average Bonchev–Trinajstić information content (AvgIpc) is 3.70. The minimum Gasteiger partial charge on any atom is -0.462 e. The number of hydrogen-bond acceptors (Lipinski definition) is 5. The molecule has 1 unspecified atom stereocenters. The van der Waals surface area contributed by atoms with E-state index in [-0.39, 0.29) is 25.2 Å². The van der Waals surface area contributed by atoms with Gasteiger partial charge in [0.25, 0.3) is 0 Å². The van der Waals surface area contributed by atoms with Crippen molar-refractivity contribution in [1.82, 2.24) is 0 Å². The molecule has 5 heteroatoms. The summed E-state index contributed by atoms with van der Waals surface area (Å²) in [7, 11) is 0. The van der Waals surface area contributed by atoms with Gasteiger partial charge >= 0.3 is 11.9 Å². The highest BCUT2D eigenvalue weighted by Crippen LogP contribution is 2.20. The first-order valence-corrected chi connectivity index (χ1v) is 41.8. The van der Waals surface area contributed by atoms with Gasteiger partial charge in [-0.25, -0.2) is 0 Å². The minimum absolute atomic E-state index is 0.0594. The van der Waals surface area contributed by atoms with Crippen molar-refractivity contribution in [3.05, 3.63) is 60.8 Å². The van der Waals surface area contributed by atoms with Gasteiger partial charge in [0.2, 0.25) is 0 Å². The molecule has 0 bridgehead atoms. The largest absolute Gasteiger partial charge is 0.462 e. The van der Waals surface area contributed by atoms with E-state index in [0.29, 0.717) is 12.8 Å². The van der Waals surface area contributed by atoms with E-state index in [9.17, 15) is 14.7 Å². The summed E-state index contributed by atoms with van der Waals surface area (Å²) in [4.78, 5) is 24.7. The van der Waals surface area contributed by atoms with Gasteiger partial charge in [-0.3, -0.25) is 9.59 Å². The van der Waals surface area contributed by atoms with Crippen LogP contribution in [0.1, 0.15) is 463 Å². The molecule has 0 saturated carbocycles. The Balaban J connectivity index is 3.36. The Morgan fingerprint density at radius 2 is 0.435 bits per heavy atom. The second-order valence-electron chi connectivity index (χ2n) is 28.6. The van der Waals surface area contributed by atoms with Crippen LogP contribution in [0.25, 0.3) is 0 Å². The van der Waals surface area contributed by atoms with Crippen molar-refractivity contribution in [3.63, 3.8) is 0 Å². The van der Waals surface area contributed by atoms with Gasteiger partial charge in [0.1, 0.15) is 6.61 Å². The monoisotopic (exact) mass is 1290 g/mol. The number of carbonyl (C=O) groups is 2. The van der Waals surface area contributed by atoms with Crippen molar-refractivity contribution in [2.45, 2.75) is 469 Å². The number of rotatable bonds is 79. The molecule has 1 N–H and O–H groups in total. The molecule has 0 aromatic carbocycles. The lowest BCUT2D eigenvalue weighted by molar-refractivity contribution is -0.161. The summed E-state index contributed by atoms with van der Waals surface area (Å²) >= 11 is 0. The fraction of sp³-hybridized carbons (Fsp3) is 0.862. The summed E-state index contributed by atoms with van der Waals surface area (Å²) in [6.07, 6.45) is 115.